The standard InChI is InChI=1S/C29H25ClF2N6O4/c30-22-6-2-4-17(26(22)32)13-34-24(39)14-37(20-8-9-20)25(40)15-38-23-10-7-19(12-21(23)27(36-38)28(33)41)35-29(42)16-3-1-5-18(31)11-16/h1-7,10-12,20H,8-9,13-15H2,(H2,33,41)(H,34,39)(H,35,42). The minimum atomic E-state index is -0.841. The highest BCUT2D eigenvalue weighted by molar-refractivity contribution is 6.30. The zero-order chi connectivity index (χ0) is 30.0. The van der Waals surface area contributed by atoms with Gasteiger partial charge in [0.1, 0.15) is 18.2 Å². The van der Waals surface area contributed by atoms with Crippen LogP contribution >= 0.6 is 11.6 Å². The lowest BCUT2D eigenvalue weighted by Gasteiger charge is -2.22. The van der Waals surface area contributed by atoms with Gasteiger partial charge in [-0.05, 0) is 55.3 Å². The Kier molecular flexibility index (Phi) is 8.16. The van der Waals surface area contributed by atoms with Crippen molar-refractivity contribution in [2.24, 2.45) is 5.73 Å². The maximum atomic E-state index is 14.2. The summed E-state index contributed by atoms with van der Waals surface area (Å²) in [7, 11) is 0. The number of anilines is 1. The molecule has 1 aromatic heterocycles. The molecule has 4 N–H and O–H groups in total. The number of hydrogen-bond donors (Lipinski definition) is 3. The topological polar surface area (TPSA) is 139 Å². The number of benzene rings is 3. The summed E-state index contributed by atoms with van der Waals surface area (Å²) in [6.45, 7) is -0.628. The minimum absolute atomic E-state index is 0.0561. The van der Waals surface area contributed by atoms with Gasteiger partial charge < -0.3 is 21.3 Å². The lowest BCUT2D eigenvalue weighted by molar-refractivity contribution is -0.137. The average molecular weight is 595 g/mol. The largest absolute Gasteiger partial charge is 0.364 e. The molecular weight excluding hydrogens is 570 g/mol. The fourth-order valence-corrected chi connectivity index (χ4v) is 4.70. The fourth-order valence-electron chi connectivity index (χ4n) is 4.51. The summed E-state index contributed by atoms with van der Waals surface area (Å²) in [6.07, 6.45) is 1.45. The van der Waals surface area contributed by atoms with Gasteiger partial charge in [0, 0.05) is 34.8 Å². The number of primary amides is 1. The molecule has 0 unspecified atom stereocenters. The third-order valence-corrected chi connectivity index (χ3v) is 7.03. The fraction of sp³-hybridized carbons (Fsp3) is 0.207. The second kappa shape index (κ2) is 12.0. The van der Waals surface area contributed by atoms with Crippen LogP contribution in [0.15, 0.2) is 60.7 Å². The number of nitrogens with two attached hydrogens (primary N) is 1. The van der Waals surface area contributed by atoms with E-state index in [0.717, 1.165) is 18.9 Å². The maximum Gasteiger partial charge on any atom is 0.269 e. The molecule has 216 valence electrons. The van der Waals surface area contributed by atoms with Crippen molar-refractivity contribution in [1.82, 2.24) is 20.0 Å². The van der Waals surface area contributed by atoms with Crippen molar-refractivity contribution in [2.75, 3.05) is 11.9 Å². The first kappa shape index (κ1) is 28.7. The van der Waals surface area contributed by atoms with Gasteiger partial charge >= 0.3 is 0 Å². The molecule has 0 spiro atoms. The molecule has 42 heavy (non-hydrogen) atoms. The number of fused-ring (bicyclic) bond motifs is 1. The van der Waals surface area contributed by atoms with Crippen LogP contribution in [-0.2, 0) is 22.7 Å². The molecule has 0 aliphatic heterocycles. The number of carbonyl (C=O) groups excluding carboxylic acids is 4. The Labute approximate surface area is 243 Å². The molecule has 1 aliphatic rings. The first-order chi connectivity index (χ1) is 20.1. The molecule has 4 aromatic rings. The van der Waals surface area contributed by atoms with Crippen LogP contribution < -0.4 is 16.4 Å². The summed E-state index contributed by atoms with van der Waals surface area (Å²) in [5, 5.41) is 9.73. The van der Waals surface area contributed by atoms with Gasteiger partial charge in [-0.25, -0.2) is 8.78 Å². The van der Waals surface area contributed by atoms with Crippen molar-refractivity contribution in [3.8, 4) is 0 Å². The van der Waals surface area contributed by atoms with Crippen molar-refractivity contribution in [2.45, 2.75) is 32.0 Å². The Hall–Kier alpha value is -4.84. The smallest absolute Gasteiger partial charge is 0.269 e. The first-order valence-corrected chi connectivity index (χ1v) is 13.3. The number of carbonyl (C=O) groups is 4. The van der Waals surface area contributed by atoms with E-state index in [2.05, 4.69) is 15.7 Å². The Bertz CT molecular complexity index is 1720. The van der Waals surface area contributed by atoms with Gasteiger partial charge in [0.05, 0.1) is 17.1 Å². The van der Waals surface area contributed by atoms with Crippen molar-refractivity contribution >= 4 is 51.8 Å². The van der Waals surface area contributed by atoms with E-state index < -0.39 is 35.3 Å². The van der Waals surface area contributed by atoms with E-state index in [1.807, 2.05) is 0 Å². The van der Waals surface area contributed by atoms with Crippen LogP contribution in [0.1, 0.15) is 39.3 Å². The Morgan fingerprint density at radius 2 is 1.81 bits per heavy atom. The third-order valence-electron chi connectivity index (χ3n) is 6.74. The highest BCUT2D eigenvalue weighted by atomic mass is 35.5. The molecule has 1 fully saturated rings. The van der Waals surface area contributed by atoms with Crippen LogP contribution in [0.5, 0.6) is 0 Å². The van der Waals surface area contributed by atoms with Crippen molar-refractivity contribution < 1.29 is 28.0 Å². The van der Waals surface area contributed by atoms with E-state index in [1.54, 1.807) is 18.2 Å². The second-order valence-electron chi connectivity index (χ2n) is 9.81. The molecule has 4 amide bonds. The molecule has 3 aromatic carbocycles. The molecule has 0 saturated heterocycles. The predicted molar refractivity (Wildman–Crippen MR) is 151 cm³/mol. The number of nitrogens with zero attached hydrogens (tertiary/aromatic N) is 3. The number of aromatic nitrogens is 2. The van der Waals surface area contributed by atoms with Crippen molar-refractivity contribution in [3.63, 3.8) is 0 Å². The van der Waals surface area contributed by atoms with Gasteiger partial charge in [0.15, 0.2) is 5.69 Å². The predicted octanol–water partition coefficient (Wildman–Crippen LogP) is 3.63. The number of rotatable bonds is 10. The monoisotopic (exact) mass is 594 g/mol. The summed E-state index contributed by atoms with van der Waals surface area (Å²) in [5.41, 5.74) is 6.45. The van der Waals surface area contributed by atoms with Crippen LogP contribution in [0.3, 0.4) is 0 Å². The van der Waals surface area contributed by atoms with Crippen LogP contribution in [-0.4, -0.2) is 50.9 Å². The van der Waals surface area contributed by atoms with Crippen molar-refractivity contribution in [3.05, 3.63) is 94.1 Å². The first-order valence-electron chi connectivity index (χ1n) is 13.0. The molecular formula is C29H25ClF2N6O4. The lowest BCUT2D eigenvalue weighted by atomic mass is 10.1. The summed E-state index contributed by atoms with van der Waals surface area (Å²) in [5.74, 6) is -3.48. The minimum Gasteiger partial charge on any atom is -0.364 e. The molecule has 0 radical (unpaired) electrons. The Morgan fingerprint density at radius 1 is 1.05 bits per heavy atom. The summed E-state index contributed by atoms with van der Waals surface area (Å²) < 4.78 is 29.0. The molecule has 5 rings (SSSR count). The van der Waals surface area contributed by atoms with Crippen LogP contribution in [0.25, 0.3) is 10.9 Å². The second-order valence-corrected chi connectivity index (χ2v) is 10.2. The molecule has 10 nitrogen and oxygen atoms in total. The number of amides is 4. The SMILES string of the molecule is NC(=O)c1nn(CC(=O)N(CC(=O)NCc2cccc(Cl)c2F)C2CC2)c2ccc(NC(=O)c3cccc(F)c3)cc12. The van der Waals surface area contributed by atoms with E-state index in [1.165, 1.54) is 46.0 Å². The Balaban J connectivity index is 1.30. The molecule has 13 heteroatoms. The highest BCUT2D eigenvalue weighted by Crippen LogP contribution is 2.28. The van der Waals surface area contributed by atoms with Gasteiger partial charge in [-0.1, -0.05) is 29.8 Å². The molecule has 1 aliphatic carbocycles. The molecule has 0 bridgehead atoms. The average Bonchev–Trinajstić information content (AvgIpc) is 3.74. The van der Waals surface area contributed by atoms with Crippen molar-refractivity contribution in [1.29, 1.82) is 0 Å². The van der Waals surface area contributed by atoms with E-state index in [0.29, 0.717) is 16.6 Å². The maximum absolute atomic E-state index is 14.2. The third kappa shape index (κ3) is 6.39. The normalized spacial score (nSPS) is 12.6. The number of halogens is 3. The van der Waals surface area contributed by atoms with Gasteiger partial charge in [-0.3, -0.25) is 23.9 Å². The van der Waals surface area contributed by atoms with Crippen LogP contribution in [0.2, 0.25) is 5.02 Å². The summed E-state index contributed by atoms with van der Waals surface area (Å²) in [4.78, 5) is 52.2. The lowest BCUT2D eigenvalue weighted by Crippen LogP contribution is -2.43. The van der Waals surface area contributed by atoms with E-state index in [-0.39, 0.29) is 47.5 Å². The summed E-state index contributed by atoms with van der Waals surface area (Å²) >= 11 is 5.80. The number of hydrogen-bond acceptors (Lipinski definition) is 5. The zero-order valence-electron chi connectivity index (χ0n) is 22.1. The molecule has 1 saturated carbocycles. The van der Waals surface area contributed by atoms with Crippen LogP contribution in [0.4, 0.5) is 14.5 Å². The van der Waals surface area contributed by atoms with Gasteiger partial charge in [-0.2, -0.15) is 5.10 Å². The molecule has 0 atom stereocenters. The quantitative estimate of drug-likeness (QED) is 0.257. The number of nitrogens with one attached hydrogen (secondary N) is 2. The van der Waals surface area contributed by atoms with Gasteiger partial charge in [0.25, 0.3) is 11.8 Å². The zero-order valence-corrected chi connectivity index (χ0v) is 22.8. The van der Waals surface area contributed by atoms with E-state index in [4.69, 9.17) is 17.3 Å². The highest BCUT2D eigenvalue weighted by Gasteiger charge is 2.34. The molecule has 1 heterocycles. The van der Waals surface area contributed by atoms with E-state index in [9.17, 15) is 28.0 Å². The van der Waals surface area contributed by atoms with Crippen LogP contribution in [0, 0.1) is 11.6 Å². The summed E-state index contributed by atoms with van der Waals surface area (Å²) in [6, 6.07) is 14.1. The van der Waals surface area contributed by atoms with Gasteiger partial charge in [-0.15, -0.1) is 0 Å². The van der Waals surface area contributed by atoms with E-state index >= 15 is 0 Å². The van der Waals surface area contributed by atoms with Gasteiger partial charge in [0.2, 0.25) is 11.8 Å². The Morgan fingerprint density at radius 3 is 2.52 bits per heavy atom.